The van der Waals surface area contributed by atoms with Crippen LogP contribution < -0.4 is 10.9 Å². The van der Waals surface area contributed by atoms with E-state index >= 15 is 0 Å². The van der Waals surface area contributed by atoms with Crippen LogP contribution in [0.3, 0.4) is 0 Å². The van der Waals surface area contributed by atoms with Gasteiger partial charge in [0.2, 0.25) is 0 Å². The fourth-order valence-electron chi connectivity index (χ4n) is 4.09. The molecule has 6 nitrogen and oxygen atoms in total. The number of nitrogens with zero attached hydrogens (tertiary/aromatic N) is 3. The van der Waals surface area contributed by atoms with Gasteiger partial charge in [-0.15, -0.1) is 0 Å². The van der Waals surface area contributed by atoms with Crippen LogP contribution >= 0.6 is 0 Å². The number of likely N-dealkylation sites (tertiary alicyclic amines) is 1. The number of para-hydroxylation sites is 1. The number of anilines is 1. The monoisotopic (exact) mass is 390 g/mol. The summed E-state index contributed by atoms with van der Waals surface area (Å²) in [6, 6.07) is 19.6. The third kappa shape index (κ3) is 3.70. The maximum atomic E-state index is 13.0. The molecule has 6 heteroatoms. The number of benzene rings is 2. The number of carbonyl (C=O) groups is 1. The van der Waals surface area contributed by atoms with Crippen LogP contribution in [-0.2, 0) is 13.5 Å². The highest BCUT2D eigenvalue weighted by Crippen LogP contribution is 2.23. The minimum atomic E-state index is -0.219. The van der Waals surface area contributed by atoms with Gasteiger partial charge in [0.15, 0.2) is 0 Å². The lowest BCUT2D eigenvalue weighted by Crippen LogP contribution is -2.40. The predicted molar refractivity (Wildman–Crippen MR) is 115 cm³/mol. The van der Waals surface area contributed by atoms with Crippen molar-refractivity contribution in [1.82, 2.24) is 14.3 Å². The number of aromatic nitrogens is 2. The molecule has 0 saturated carbocycles. The third-order valence-corrected chi connectivity index (χ3v) is 5.74. The second kappa shape index (κ2) is 7.99. The van der Waals surface area contributed by atoms with Crippen LogP contribution in [0.4, 0.5) is 10.5 Å². The van der Waals surface area contributed by atoms with Gasteiger partial charge in [-0.3, -0.25) is 9.48 Å². The molecule has 0 spiro atoms. The summed E-state index contributed by atoms with van der Waals surface area (Å²) in [5, 5.41) is 2.90. The van der Waals surface area contributed by atoms with Gasteiger partial charge in [-0.2, -0.15) is 0 Å². The van der Waals surface area contributed by atoms with Crippen molar-refractivity contribution in [1.29, 1.82) is 0 Å². The minimum Gasteiger partial charge on any atom is -0.321 e. The fourth-order valence-corrected chi connectivity index (χ4v) is 4.09. The van der Waals surface area contributed by atoms with Crippen LogP contribution in [0, 0.1) is 6.92 Å². The molecule has 1 N–H and O–H groups in total. The van der Waals surface area contributed by atoms with E-state index in [1.165, 1.54) is 5.56 Å². The van der Waals surface area contributed by atoms with Crippen molar-refractivity contribution in [3.05, 3.63) is 82.3 Å². The Balaban J connectivity index is 1.56. The predicted octanol–water partition coefficient (Wildman–Crippen LogP) is 3.72. The van der Waals surface area contributed by atoms with Gasteiger partial charge in [0.1, 0.15) is 5.69 Å². The lowest BCUT2D eigenvalue weighted by atomic mass is 10.0. The molecule has 1 aliphatic rings. The third-order valence-electron chi connectivity index (χ3n) is 5.74. The summed E-state index contributed by atoms with van der Waals surface area (Å²) >= 11 is 0. The summed E-state index contributed by atoms with van der Waals surface area (Å²) in [5.74, 6) is 0. The first-order chi connectivity index (χ1) is 14.1. The van der Waals surface area contributed by atoms with Crippen LogP contribution in [0.1, 0.15) is 24.1 Å². The molecule has 1 fully saturated rings. The number of rotatable bonds is 4. The van der Waals surface area contributed by atoms with E-state index in [9.17, 15) is 9.59 Å². The Morgan fingerprint density at radius 2 is 1.72 bits per heavy atom. The molecular weight excluding hydrogens is 364 g/mol. The molecule has 1 atom stereocenters. The van der Waals surface area contributed by atoms with Crippen molar-refractivity contribution < 1.29 is 4.79 Å². The van der Waals surface area contributed by atoms with E-state index in [2.05, 4.69) is 17.4 Å². The largest absolute Gasteiger partial charge is 0.322 e. The first kappa shape index (κ1) is 19.1. The molecule has 1 aliphatic heterocycles. The molecule has 2 amide bonds. The number of urea groups is 1. The highest BCUT2D eigenvalue weighted by molar-refractivity contribution is 5.90. The van der Waals surface area contributed by atoms with Crippen molar-refractivity contribution in [2.45, 2.75) is 32.2 Å². The number of nitrogens with one attached hydrogen (secondary N) is 1. The summed E-state index contributed by atoms with van der Waals surface area (Å²) in [4.78, 5) is 27.9. The van der Waals surface area contributed by atoms with E-state index in [4.69, 9.17) is 0 Å². The molecule has 1 aromatic heterocycles. The van der Waals surface area contributed by atoms with E-state index in [1.807, 2.05) is 67.4 Å². The van der Waals surface area contributed by atoms with Gasteiger partial charge < -0.3 is 10.2 Å². The van der Waals surface area contributed by atoms with Crippen LogP contribution in [0.15, 0.2) is 65.5 Å². The average molecular weight is 390 g/mol. The van der Waals surface area contributed by atoms with Gasteiger partial charge in [-0.25, -0.2) is 9.48 Å². The SMILES string of the molecule is Cc1c(NC(=O)N2CCC[C@@H]2Cc2ccccc2)c(=O)n(-c2ccccc2)n1C. The topological polar surface area (TPSA) is 59.3 Å². The van der Waals surface area contributed by atoms with Crippen LogP contribution in [0.5, 0.6) is 0 Å². The maximum Gasteiger partial charge on any atom is 0.322 e. The Morgan fingerprint density at radius 3 is 2.41 bits per heavy atom. The summed E-state index contributed by atoms with van der Waals surface area (Å²) < 4.78 is 3.36. The summed E-state index contributed by atoms with van der Waals surface area (Å²) in [5.41, 5.74) is 2.84. The van der Waals surface area contributed by atoms with Crippen molar-refractivity contribution >= 4 is 11.7 Å². The van der Waals surface area contributed by atoms with Crippen molar-refractivity contribution in [2.24, 2.45) is 7.05 Å². The molecule has 3 aromatic rings. The van der Waals surface area contributed by atoms with Crippen LogP contribution in [0.2, 0.25) is 0 Å². The highest BCUT2D eigenvalue weighted by Gasteiger charge is 2.30. The quantitative estimate of drug-likeness (QED) is 0.738. The molecule has 1 saturated heterocycles. The Kier molecular flexibility index (Phi) is 5.25. The first-order valence-corrected chi connectivity index (χ1v) is 10.0. The first-order valence-electron chi connectivity index (χ1n) is 10.0. The Bertz CT molecular complexity index is 1050. The van der Waals surface area contributed by atoms with Gasteiger partial charge >= 0.3 is 6.03 Å². The molecule has 4 rings (SSSR count). The van der Waals surface area contributed by atoms with E-state index in [0.717, 1.165) is 30.6 Å². The Hall–Kier alpha value is -3.28. The van der Waals surface area contributed by atoms with Crippen molar-refractivity contribution in [2.75, 3.05) is 11.9 Å². The number of amides is 2. The Labute approximate surface area is 170 Å². The van der Waals surface area contributed by atoms with Gasteiger partial charge in [0.25, 0.3) is 5.56 Å². The zero-order valence-corrected chi connectivity index (χ0v) is 16.8. The molecular formula is C23H26N4O2. The summed E-state index contributed by atoms with van der Waals surface area (Å²) in [6.45, 7) is 2.56. The number of hydrogen-bond donors (Lipinski definition) is 1. The van der Waals surface area contributed by atoms with E-state index < -0.39 is 0 Å². The molecule has 0 unspecified atom stereocenters. The van der Waals surface area contributed by atoms with Crippen molar-refractivity contribution in [3.8, 4) is 5.69 Å². The molecule has 2 heterocycles. The second-order valence-electron chi connectivity index (χ2n) is 7.55. The molecule has 150 valence electrons. The van der Waals surface area contributed by atoms with Gasteiger partial charge in [-0.1, -0.05) is 48.5 Å². The molecule has 29 heavy (non-hydrogen) atoms. The molecule has 0 radical (unpaired) electrons. The van der Waals surface area contributed by atoms with Gasteiger partial charge in [0, 0.05) is 19.6 Å². The fraction of sp³-hybridized carbons (Fsp3) is 0.304. The zero-order valence-electron chi connectivity index (χ0n) is 16.8. The smallest absolute Gasteiger partial charge is 0.321 e. The van der Waals surface area contributed by atoms with Gasteiger partial charge in [0.05, 0.1) is 11.4 Å². The molecule has 0 bridgehead atoms. The maximum absolute atomic E-state index is 13.0. The van der Waals surface area contributed by atoms with E-state index in [0.29, 0.717) is 12.2 Å². The standard InChI is InChI=1S/C23H26N4O2/c1-17-21(22(28)27(25(17)2)19-12-7-4-8-13-19)24-23(29)26-15-9-14-20(26)16-18-10-5-3-6-11-18/h3-8,10-13,20H,9,14-16H2,1-2H3,(H,24,29)/t20-/m1/s1. The molecule has 0 aliphatic carbocycles. The zero-order chi connectivity index (χ0) is 20.4. The van der Waals surface area contributed by atoms with E-state index in [-0.39, 0.29) is 17.6 Å². The summed E-state index contributed by atoms with van der Waals surface area (Å²) in [6.07, 6.45) is 2.79. The van der Waals surface area contributed by atoms with Crippen LogP contribution in [0.25, 0.3) is 5.69 Å². The lowest BCUT2D eigenvalue weighted by Gasteiger charge is -2.25. The number of carbonyl (C=O) groups excluding carboxylic acids is 1. The second-order valence-corrected chi connectivity index (χ2v) is 7.55. The molecule has 2 aromatic carbocycles. The lowest BCUT2D eigenvalue weighted by molar-refractivity contribution is 0.206. The highest BCUT2D eigenvalue weighted by atomic mass is 16.2. The van der Waals surface area contributed by atoms with Crippen LogP contribution in [-0.4, -0.2) is 32.9 Å². The minimum absolute atomic E-state index is 0.151. The summed E-state index contributed by atoms with van der Waals surface area (Å²) in [7, 11) is 1.83. The van der Waals surface area contributed by atoms with Gasteiger partial charge in [-0.05, 0) is 43.9 Å². The number of hydrogen-bond acceptors (Lipinski definition) is 2. The van der Waals surface area contributed by atoms with E-state index in [1.54, 1.807) is 9.36 Å². The average Bonchev–Trinajstić information content (AvgIpc) is 3.28. The normalized spacial score (nSPS) is 16.2. The Morgan fingerprint density at radius 1 is 1.07 bits per heavy atom. The van der Waals surface area contributed by atoms with Crippen molar-refractivity contribution in [3.63, 3.8) is 0 Å².